The molecule has 6 nitrogen and oxygen atoms in total. The summed E-state index contributed by atoms with van der Waals surface area (Å²) in [7, 11) is 0. The molecule has 1 atom stereocenters. The third kappa shape index (κ3) is 5.04. The monoisotopic (exact) mass is 424 g/mol. The second-order valence-corrected chi connectivity index (χ2v) is 8.00. The van der Waals surface area contributed by atoms with E-state index in [9.17, 15) is 4.79 Å². The third-order valence-corrected chi connectivity index (χ3v) is 5.81. The molecule has 2 heterocycles. The topological polar surface area (TPSA) is 73.6 Å². The number of thioether (sulfide) groups is 1. The molecule has 0 saturated carbocycles. The highest BCUT2D eigenvalue weighted by Crippen LogP contribution is 2.24. The van der Waals surface area contributed by atoms with Gasteiger partial charge in [-0.1, -0.05) is 36.4 Å². The van der Waals surface area contributed by atoms with E-state index in [1.165, 1.54) is 0 Å². The predicted octanol–water partition coefficient (Wildman–Crippen LogP) is 3.98. The lowest BCUT2D eigenvalue weighted by molar-refractivity contribution is -0.145. The van der Waals surface area contributed by atoms with E-state index in [2.05, 4.69) is 10.3 Å². The van der Waals surface area contributed by atoms with Gasteiger partial charge < -0.3 is 13.9 Å². The highest BCUT2D eigenvalue weighted by Gasteiger charge is 2.23. The van der Waals surface area contributed by atoms with Crippen LogP contribution in [-0.2, 0) is 22.6 Å². The van der Waals surface area contributed by atoms with Crippen LogP contribution < -0.4 is 10.1 Å². The largest absolute Gasteiger partial charge is 0.487 e. The molecule has 0 aliphatic carbocycles. The molecule has 1 N–H and O–H groups in total. The summed E-state index contributed by atoms with van der Waals surface area (Å²) in [6, 6.07) is 17.4. The molecule has 7 heteroatoms. The van der Waals surface area contributed by atoms with E-state index in [1.807, 2.05) is 61.5 Å². The molecule has 1 unspecified atom stereocenters. The molecule has 1 aliphatic rings. The quantitative estimate of drug-likeness (QED) is 0.548. The molecule has 2 aromatic carbocycles. The number of aromatic nitrogens is 1. The van der Waals surface area contributed by atoms with Crippen LogP contribution in [-0.4, -0.2) is 35.2 Å². The van der Waals surface area contributed by atoms with Gasteiger partial charge in [0.25, 0.3) is 0 Å². The maximum Gasteiger partial charge on any atom is 0.324 e. The number of para-hydroxylation sites is 1. The van der Waals surface area contributed by atoms with Crippen molar-refractivity contribution in [2.45, 2.75) is 26.0 Å². The zero-order chi connectivity index (χ0) is 20.8. The van der Waals surface area contributed by atoms with E-state index in [1.54, 1.807) is 11.8 Å². The van der Waals surface area contributed by atoms with Crippen LogP contribution in [0.1, 0.15) is 17.0 Å². The van der Waals surface area contributed by atoms with E-state index < -0.39 is 0 Å². The fourth-order valence-electron chi connectivity index (χ4n) is 3.17. The fourth-order valence-corrected chi connectivity index (χ4v) is 4.10. The summed E-state index contributed by atoms with van der Waals surface area (Å²) in [4.78, 5) is 16.6. The second-order valence-electron chi connectivity index (χ2n) is 6.97. The number of hydrogen-bond donors (Lipinski definition) is 1. The highest BCUT2D eigenvalue weighted by molar-refractivity contribution is 7.99. The van der Waals surface area contributed by atoms with Crippen LogP contribution in [0, 0.1) is 6.92 Å². The molecule has 1 aliphatic heterocycles. The smallest absolute Gasteiger partial charge is 0.324 e. The molecule has 3 aromatic rings. The van der Waals surface area contributed by atoms with Crippen LogP contribution in [0.25, 0.3) is 11.5 Å². The summed E-state index contributed by atoms with van der Waals surface area (Å²) in [5, 5.41) is 3.12. The highest BCUT2D eigenvalue weighted by atomic mass is 32.2. The van der Waals surface area contributed by atoms with Crippen LogP contribution in [0.2, 0.25) is 0 Å². The standard InChI is InChI=1S/C23H24N2O4S/c1-16-19(25-22(29-16)18-8-3-2-4-9-18)13-28-21-10-6-5-7-17(21)11-12-27-23(26)20-14-30-15-24-20/h2-10,20,24H,11-15H2,1H3. The van der Waals surface area contributed by atoms with Gasteiger partial charge in [-0.2, -0.15) is 0 Å². The fraction of sp³-hybridized carbons (Fsp3) is 0.304. The Morgan fingerprint density at radius 3 is 2.80 bits per heavy atom. The Balaban J connectivity index is 1.35. The number of esters is 1. The van der Waals surface area contributed by atoms with Crippen molar-refractivity contribution in [2.24, 2.45) is 0 Å². The molecule has 0 spiro atoms. The lowest BCUT2D eigenvalue weighted by atomic mass is 10.1. The zero-order valence-corrected chi connectivity index (χ0v) is 17.6. The number of carbonyl (C=O) groups excluding carboxylic acids is 1. The number of hydrogen-bond acceptors (Lipinski definition) is 7. The molecule has 0 bridgehead atoms. The first-order valence-corrected chi connectivity index (χ1v) is 11.1. The van der Waals surface area contributed by atoms with Crippen LogP contribution in [0.15, 0.2) is 59.0 Å². The first kappa shape index (κ1) is 20.5. The van der Waals surface area contributed by atoms with E-state index >= 15 is 0 Å². The number of benzene rings is 2. The molecule has 1 saturated heterocycles. The van der Waals surface area contributed by atoms with E-state index in [0.29, 0.717) is 25.5 Å². The molecule has 4 rings (SSSR count). The summed E-state index contributed by atoms with van der Waals surface area (Å²) in [5.41, 5.74) is 2.69. The average Bonchev–Trinajstić information content (AvgIpc) is 3.44. The first-order chi connectivity index (χ1) is 14.7. The number of aryl methyl sites for hydroxylation is 1. The Morgan fingerprint density at radius 2 is 2.00 bits per heavy atom. The zero-order valence-electron chi connectivity index (χ0n) is 16.8. The van der Waals surface area contributed by atoms with Gasteiger partial charge in [0, 0.05) is 23.6 Å². The second kappa shape index (κ2) is 9.82. The molecular weight excluding hydrogens is 400 g/mol. The van der Waals surface area contributed by atoms with Crippen molar-refractivity contribution in [2.75, 3.05) is 18.2 Å². The predicted molar refractivity (Wildman–Crippen MR) is 116 cm³/mol. The third-order valence-electron chi connectivity index (χ3n) is 4.87. The van der Waals surface area contributed by atoms with Gasteiger partial charge in [0.05, 0.1) is 6.61 Å². The average molecular weight is 425 g/mol. The van der Waals surface area contributed by atoms with Gasteiger partial charge in [0.15, 0.2) is 0 Å². The summed E-state index contributed by atoms with van der Waals surface area (Å²) in [5.74, 6) is 3.45. The minimum Gasteiger partial charge on any atom is -0.487 e. The van der Waals surface area contributed by atoms with Gasteiger partial charge in [-0.15, -0.1) is 11.8 Å². The van der Waals surface area contributed by atoms with Crippen molar-refractivity contribution in [3.8, 4) is 17.2 Å². The van der Waals surface area contributed by atoms with Crippen molar-refractivity contribution >= 4 is 17.7 Å². The number of ether oxygens (including phenoxy) is 2. The van der Waals surface area contributed by atoms with Crippen LogP contribution in [0.5, 0.6) is 5.75 Å². The molecule has 1 fully saturated rings. The maximum atomic E-state index is 12.0. The Bertz CT molecular complexity index is 984. The molecule has 156 valence electrons. The summed E-state index contributed by atoms with van der Waals surface area (Å²) in [6.45, 7) is 2.52. The normalized spacial score (nSPS) is 15.8. The molecule has 1 aromatic heterocycles. The minimum absolute atomic E-state index is 0.190. The molecule has 30 heavy (non-hydrogen) atoms. The van der Waals surface area contributed by atoms with Crippen molar-refractivity contribution in [1.29, 1.82) is 0 Å². The van der Waals surface area contributed by atoms with Crippen LogP contribution >= 0.6 is 11.8 Å². The summed E-state index contributed by atoms with van der Waals surface area (Å²) in [6.07, 6.45) is 0.592. The van der Waals surface area contributed by atoms with Crippen LogP contribution in [0.4, 0.5) is 0 Å². The first-order valence-electron chi connectivity index (χ1n) is 9.91. The lowest BCUT2D eigenvalue weighted by Gasteiger charge is -2.12. The van der Waals surface area contributed by atoms with Gasteiger partial charge in [0.1, 0.15) is 29.9 Å². The van der Waals surface area contributed by atoms with Gasteiger partial charge in [-0.25, -0.2) is 4.98 Å². The Morgan fingerprint density at radius 1 is 1.20 bits per heavy atom. The number of rotatable bonds is 8. The lowest BCUT2D eigenvalue weighted by Crippen LogP contribution is -2.34. The number of oxazole rings is 1. The van der Waals surface area contributed by atoms with E-state index in [-0.39, 0.29) is 12.0 Å². The van der Waals surface area contributed by atoms with Crippen molar-refractivity contribution in [3.05, 3.63) is 71.6 Å². The van der Waals surface area contributed by atoms with Gasteiger partial charge in [-0.05, 0) is 30.7 Å². The Kier molecular flexibility index (Phi) is 6.71. The molecular formula is C23H24N2O4S. The van der Waals surface area contributed by atoms with Gasteiger partial charge >= 0.3 is 5.97 Å². The van der Waals surface area contributed by atoms with Gasteiger partial charge in [-0.3, -0.25) is 10.1 Å². The summed E-state index contributed by atoms with van der Waals surface area (Å²) < 4.78 is 17.3. The maximum absolute atomic E-state index is 12.0. The van der Waals surface area contributed by atoms with Crippen LogP contribution in [0.3, 0.4) is 0 Å². The summed E-state index contributed by atoms with van der Waals surface area (Å²) >= 11 is 1.70. The minimum atomic E-state index is -0.199. The van der Waals surface area contributed by atoms with E-state index in [4.69, 9.17) is 13.9 Å². The SMILES string of the molecule is Cc1oc(-c2ccccc2)nc1COc1ccccc1CCOC(=O)C1CSCN1. The Hall–Kier alpha value is -2.77. The van der Waals surface area contributed by atoms with Crippen molar-refractivity contribution in [3.63, 3.8) is 0 Å². The molecule has 0 radical (unpaired) electrons. The van der Waals surface area contributed by atoms with Gasteiger partial charge in [0.2, 0.25) is 5.89 Å². The number of nitrogens with zero attached hydrogens (tertiary/aromatic N) is 1. The van der Waals surface area contributed by atoms with Crippen molar-refractivity contribution < 1.29 is 18.7 Å². The molecule has 0 amide bonds. The number of nitrogens with one attached hydrogen (secondary N) is 1. The van der Waals surface area contributed by atoms with E-state index in [0.717, 1.165) is 40.0 Å². The number of carbonyl (C=O) groups is 1. The Labute approximate surface area is 180 Å². The van der Waals surface area contributed by atoms with Crippen molar-refractivity contribution in [1.82, 2.24) is 10.3 Å².